The first-order valence-electron chi connectivity index (χ1n) is 8.46. The summed E-state index contributed by atoms with van der Waals surface area (Å²) in [6.07, 6.45) is 0.279. The Balaban J connectivity index is 1.80. The van der Waals surface area contributed by atoms with Gasteiger partial charge in [-0.2, -0.15) is 13.2 Å². The lowest BCUT2D eigenvalue weighted by Crippen LogP contribution is -2.38. The summed E-state index contributed by atoms with van der Waals surface area (Å²) in [5.74, 6) is -0.539. The second kappa shape index (κ2) is 6.76. The van der Waals surface area contributed by atoms with Crippen molar-refractivity contribution in [1.29, 1.82) is 0 Å². The second-order valence-corrected chi connectivity index (χ2v) is 6.39. The molecule has 10 heteroatoms. The maximum atomic E-state index is 13.6. The number of anilines is 1. The molecule has 142 valence electrons. The second-order valence-electron chi connectivity index (χ2n) is 6.39. The van der Waals surface area contributed by atoms with Crippen LogP contribution in [0.15, 0.2) is 24.7 Å². The molecule has 0 aromatic carbocycles. The van der Waals surface area contributed by atoms with Crippen molar-refractivity contribution in [3.8, 4) is 11.3 Å². The monoisotopic (exact) mass is 380 g/mol. The average molecular weight is 380 g/mol. The first-order chi connectivity index (χ1) is 12.9. The van der Waals surface area contributed by atoms with Crippen LogP contribution in [0.4, 0.5) is 23.5 Å². The predicted molar refractivity (Wildman–Crippen MR) is 91.6 cm³/mol. The third-order valence-electron chi connectivity index (χ3n) is 4.48. The molecule has 1 aliphatic rings. The largest absolute Gasteiger partial charge is 0.419 e. The van der Waals surface area contributed by atoms with Gasteiger partial charge in [-0.25, -0.2) is 19.3 Å². The molecule has 4 rings (SSSR count). The highest BCUT2D eigenvalue weighted by Crippen LogP contribution is 2.38. The Labute approximate surface area is 151 Å². The van der Waals surface area contributed by atoms with E-state index in [-0.39, 0.29) is 34.3 Å². The summed E-state index contributed by atoms with van der Waals surface area (Å²) in [6, 6.07) is 1.17. The number of hydrogen-bond acceptors (Lipinski definition) is 5. The highest BCUT2D eigenvalue weighted by molar-refractivity contribution is 5.93. The Kier molecular flexibility index (Phi) is 4.42. The van der Waals surface area contributed by atoms with Gasteiger partial charge in [0.05, 0.1) is 11.9 Å². The lowest BCUT2D eigenvalue weighted by atomic mass is 10.1. The molecule has 0 bridgehead atoms. The fourth-order valence-corrected chi connectivity index (χ4v) is 3.20. The number of alkyl halides is 3. The van der Waals surface area contributed by atoms with E-state index in [9.17, 15) is 17.6 Å². The number of pyridine rings is 1. The number of nitrogens with zero attached hydrogens (tertiary/aromatic N) is 3. The van der Waals surface area contributed by atoms with Gasteiger partial charge >= 0.3 is 6.18 Å². The standard InChI is InChI=1S/C17H16F4N6/c18-9-4-11-12(7-24-15(11)23-5-9)14-13(17(19,20)21)8-25-16(27-14)26-10-2-1-3-22-6-10/h4-5,7-8,10,22H,1-3,6H2,(H,23,24)(H,25,26,27)/t10-/m0/s1. The number of H-pyrrole nitrogens is 1. The van der Waals surface area contributed by atoms with Crippen LogP contribution in [0.3, 0.4) is 0 Å². The van der Waals surface area contributed by atoms with Gasteiger partial charge in [-0.1, -0.05) is 0 Å². The van der Waals surface area contributed by atoms with Crippen molar-refractivity contribution >= 4 is 17.0 Å². The van der Waals surface area contributed by atoms with Gasteiger partial charge < -0.3 is 15.6 Å². The SMILES string of the molecule is Fc1cnc2[nH]cc(-c3nc(N[C@H]4CCCNC4)ncc3C(F)(F)F)c2c1. The molecule has 4 heterocycles. The molecule has 27 heavy (non-hydrogen) atoms. The molecule has 3 aromatic heterocycles. The third kappa shape index (κ3) is 3.57. The predicted octanol–water partition coefficient (Wildman–Crippen LogP) is 3.34. The van der Waals surface area contributed by atoms with Gasteiger partial charge in [0.2, 0.25) is 5.95 Å². The molecule has 0 radical (unpaired) electrons. The number of fused-ring (bicyclic) bond motifs is 1. The normalized spacial score (nSPS) is 18.0. The fourth-order valence-electron chi connectivity index (χ4n) is 3.20. The van der Waals surface area contributed by atoms with Gasteiger partial charge in [-0.15, -0.1) is 0 Å². The molecular formula is C17H16F4N6. The van der Waals surface area contributed by atoms with E-state index in [1.165, 1.54) is 6.20 Å². The smallest absolute Gasteiger partial charge is 0.350 e. The maximum Gasteiger partial charge on any atom is 0.419 e. The summed E-state index contributed by atoms with van der Waals surface area (Å²) in [4.78, 5) is 14.6. The topological polar surface area (TPSA) is 78.5 Å². The highest BCUT2D eigenvalue weighted by Gasteiger charge is 2.36. The summed E-state index contributed by atoms with van der Waals surface area (Å²) in [6.45, 7) is 1.59. The van der Waals surface area contributed by atoms with Crippen LogP contribution in [-0.4, -0.2) is 39.1 Å². The summed E-state index contributed by atoms with van der Waals surface area (Å²) in [5, 5.41) is 6.51. The van der Waals surface area contributed by atoms with Gasteiger partial charge in [0.25, 0.3) is 0 Å². The van der Waals surface area contributed by atoms with E-state index in [1.807, 2.05) is 0 Å². The number of hydrogen-bond donors (Lipinski definition) is 3. The van der Waals surface area contributed by atoms with Crippen molar-refractivity contribution in [3.63, 3.8) is 0 Å². The van der Waals surface area contributed by atoms with Gasteiger partial charge in [0.1, 0.15) is 17.0 Å². The first kappa shape index (κ1) is 17.7. The molecule has 0 aliphatic carbocycles. The molecule has 6 nitrogen and oxygen atoms in total. The zero-order valence-electron chi connectivity index (χ0n) is 14.1. The van der Waals surface area contributed by atoms with Crippen LogP contribution in [-0.2, 0) is 6.18 Å². The van der Waals surface area contributed by atoms with E-state index in [0.717, 1.165) is 37.8 Å². The number of piperidine rings is 1. The van der Waals surface area contributed by atoms with Crippen LogP contribution in [0.5, 0.6) is 0 Å². The van der Waals surface area contributed by atoms with Crippen LogP contribution in [0.2, 0.25) is 0 Å². The highest BCUT2D eigenvalue weighted by atomic mass is 19.4. The van der Waals surface area contributed by atoms with Crippen molar-refractivity contribution in [2.75, 3.05) is 18.4 Å². The summed E-state index contributed by atoms with van der Waals surface area (Å²) in [7, 11) is 0. The minimum absolute atomic E-state index is 0.0328. The van der Waals surface area contributed by atoms with Crippen molar-refractivity contribution in [3.05, 3.63) is 36.0 Å². The molecule has 1 aliphatic heterocycles. The molecule has 3 aromatic rings. The van der Waals surface area contributed by atoms with Crippen molar-refractivity contribution in [2.24, 2.45) is 0 Å². The minimum Gasteiger partial charge on any atom is -0.350 e. The Morgan fingerprint density at radius 3 is 2.78 bits per heavy atom. The fraction of sp³-hybridized carbons (Fsp3) is 0.353. The molecule has 0 saturated carbocycles. The van der Waals surface area contributed by atoms with Crippen LogP contribution < -0.4 is 10.6 Å². The van der Waals surface area contributed by atoms with E-state index in [4.69, 9.17) is 0 Å². The number of aromatic nitrogens is 4. The first-order valence-corrected chi connectivity index (χ1v) is 8.46. The number of nitrogens with one attached hydrogen (secondary N) is 3. The molecular weight excluding hydrogens is 364 g/mol. The average Bonchev–Trinajstić information content (AvgIpc) is 3.04. The zero-order valence-corrected chi connectivity index (χ0v) is 14.1. The molecule has 1 saturated heterocycles. The quantitative estimate of drug-likeness (QED) is 0.608. The molecule has 1 fully saturated rings. The lowest BCUT2D eigenvalue weighted by molar-refractivity contribution is -0.137. The van der Waals surface area contributed by atoms with Gasteiger partial charge in [-0.3, -0.25) is 0 Å². The van der Waals surface area contributed by atoms with E-state index >= 15 is 0 Å². The summed E-state index contributed by atoms with van der Waals surface area (Å²) < 4.78 is 54.1. The number of aromatic amines is 1. The van der Waals surface area contributed by atoms with Crippen LogP contribution >= 0.6 is 0 Å². The Bertz CT molecular complexity index is 962. The van der Waals surface area contributed by atoms with Crippen LogP contribution in [0.1, 0.15) is 18.4 Å². The van der Waals surface area contributed by atoms with E-state index in [1.54, 1.807) is 0 Å². The minimum atomic E-state index is -4.65. The Morgan fingerprint density at radius 1 is 1.19 bits per heavy atom. The van der Waals surface area contributed by atoms with Crippen molar-refractivity contribution in [1.82, 2.24) is 25.3 Å². The molecule has 3 N–H and O–H groups in total. The van der Waals surface area contributed by atoms with Crippen LogP contribution in [0, 0.1) is 5.82 Å². The number of rotatable bonds is 3. The molecule has 0 spiro atoms. The van der Waals surface area contributed by atoms with Gasteiger partial charge in [0.15, 0.2) is 0 Å². The van der Waals surface area contributed by atoms with Crippen molar-refractivity contribution in [2.45, 2.75) is 25.1 Å². The summed E-state index contributed by atoms with van der Waals surface area (Å²) >= 11 is 0. The molecule has 1 atom stereocenters. The number of halogens is 4. The van der Waals surface area contributed by atoms with E-state index in [2.05, 4.69) is 30.6 Å². The Morgan fingerprint density at radius 2 is 2.04 bits per heavy atom. The summed E-state index contributed by atoms with van der Waals surface area (Å²) in [5.41, 5.74) is -0.900. The van der Waals surface area contributed by atoms with Crippen molar-refractivity contribution < 1.29 is 17.6 Å². The van der Waals surface area contributed by atoms with E-state index < -0.39 is 17.6 Å². The zero-order chi connectivity index (χ0) is 19.0. The lowest BCUT2D eigenvalue weighted by Gasteiger charge is -2.24. The molecule has 0 amide bonds. The maximum absolute atomic E-state index is 13.6. The molecule has 0 unspecified atom stereocenters. The van der Waals surface area contributed by atoms with Gasteiger partial charge in [-0.05, 0) is 25.5 Å². The van der Waals surface area contributed by atoms with Gasteiger partial charge in [0, 0.05) is 35.9 Å². The van der Waals surface area contributed by atoms with E-state index in [0.29, 0.717) is 6.54 Å². The van der Waals surface area contributed by atoms with Crippen LogP contribution in [0.25, 0.3) is 22.3 Å². The third-order valence-corrected chi connectivity index (χ3v) is 4.48. The Hall–Kier alpha value is -2.75.